The molecule has 19 heavy (non-hydrogen) atoms. The monoisotopic (exact) mass is 323 g/mol. The molecule has 2 rings (SSSR count). The second kappa shape index (κ2) is 5.52. The van der Waals surface area contributed by atoms with Gasteiger partial charge in [0.25, 0.3) is 5.91 Å². The van der Waals surface area contributed by atoms with Crippen LogP contribution in [0.15, 0.2) is 27.8 Å². The number of halogens is 1. The molecule has 0 spiro atoms. The van der Waals surface area contributed by atoms with Crippen LogP contribution in [-0.4, -0.2) is 29.6 Å². The third-order valence-corrected chi connectivity index (χ3v) is 3.40. The summed E-state index contributed by atoms with van der Waals surface area (Å²) >= 11 is 3.37. The van der Waals surface area contributed by atoms with Crippen molar-refractivity contribution in [1.29, 1.82) is 0 Å². The zero-order chi connectivity index (χ0) is 14.0. The molecule has 0 fully saturated rings. The van der Waals surface area contributed by atoms with Gasteiger partial charge < -0.3 is 5.32 Å². The second-order valence-corrected chi connectivity index (χ2v) is 5.29. The molecule has 0 radical (unpaired) electrons. The number of hydrogen-bond donors (Lipinski definition) is 1. The first-order valence-corrected chi connectivity index (χ1v) is 6.68. The fraction of sp³-hybridized carbons (Fsp3) is 0.308. The van der Waals surface area contributed by atoms with Crippen LogP contribution in [0.2, 0.25) is 0 Å². The lowest BCUT2D eigenvalue weighted by Crippen LogP contribution is -2.34. The van der Waals surface area contributed by atoms with E-state index in [1.807, 2.05) is 25.1 Å². The van der Waals surface area contributed by atoms with Gasteiger partial charge in [-0.2, -0.15) is 5.10 Å². The molecule has 0 aromatic heterocycles. The number of rotatable bonds is 2. The number of amides is 2. The molecule has 0 atom stereocenters. The standard InChI is InChI=1S/C13H14BrN3O2/c1-8-7-9(14)3-4-10(8)15-13(19)11-5-6-12(18)17(2)16-11/h3-4,7H,5-6H2,1-2H3,(H,15,19). The van der Waals surface area contributed by atoms with Crippen molar-refractivity contribution in [3.8, 4) is 0 Å². The lowest BCUT2D eigenvalue weighted by Gasteiger charge is -2.19. The second-order valence-electron chi connectivity index (χ2n) is 4.38. The van der Waals surface area contributed by atoms with E-state index in [4.69, 9.17) is 0 Å². The fourth-order valence-corrected chi connectivity index (χ4v) is 2.27. The largest absolute Gasteiger partial charge is 0.321 e. The molecule has 6 heteroatoms. The van der Waals surface area contributed by atoms with Crippen molar-refractivity contribution in [3.05, 3.63) is 28.2 Å². The Kier molecular flexibility index (Phi) is 3.99. The van der Waals surface area contributed by atoms with E-state index in [-0.39, 0.29) is 11.8 Å². The summed E-state index contributed by atoms with van der Waals surface area (Å²) in [5.74, 6) is -0.332. The SMILES string of the molecule is Cc1cc(Br)ccc1NC(=O)C1=NN(C)C(=O)CC1. The van der Waals surface area contributed by atoms with Gasteiger partial charge >= 0.3 is 0 Å². The number of carbonyl (C=O) groups is 2. The minimum absolute atomic E-state index is 0.0728. The predicted molar refractivity (Wildman–Crippen MR) is 76.9 cm³/mol. The van der Waals surface area contributed by atoms with Crippen LogP contribution in [0.1, 0.15) is 18.4 Å². The van der Waals surface area contributed by atoms with E-state index < -0.39 is 0 Å². The smallest absolute Gasteiger partial charge is 0.271 e. The van der Waals surface area contributed by atoms with E-state index in [1.165, 1.54) is 5.01 Å². The van der Waals surface area contributed by atoms with Crippen LogP contribution < -0.4 is 5.32 Å². The number of carbonyl (C=O) groups excluding carboxylic acids is 2. The maximum Gasteiger partial charge on any atom is 0.271 e. The van der Waals surface area contributed by atoms with Gasteiger partial charge in [-0.15, -0.1) is 0 Å². The molecule has 0 bridgehead atoms. The number of hydrazone groups is 1. The van der Waals surface area contributed by atoms with E-state index in [1.54, 1.807) is 7.05 Å². The highest BCUT2D eigenvalue weighted by Crippen LogP contribution is 2.20. The molecule has 1 aliphatic heterocycles. The lowest BCUT2D eigenvalue weighted by atomic mass is 10.1. The molecule has 0 aliphatic carbocycles. The van der Waals surface area contributed by atoms with Gasteiger partial charge in [-0.1, -0.05) is 15.9 Å². The van der Waals surface area contributed by atoms with Crippen molar-refractivity contribution >= 4 is 39.1 Å². The summed E-state index contributed by atoms with van der Waals surface area (Å²) in [5.41, 5.74) is 2.09. The maximum absolute atomic E-state index is 12.1. The van der Waals surface area contributed by atoms with Crippen molar-refractivity contribution < 1.29 is 9.59 Å². The van der Waals surface area contributed by atoms with Crippen LogP contribution in [0.25, 0.3) is 0 Å². The number of aryl methyl sites for hydroxylation is 1. The Balaban J connectivity index is 2.13. The van der Waals surface area contributed by atoms with Gasteiger partial charge in [-0.25, -0.2) is 5.01 Å². The Labute approximate surface area is 119 Å². The molecule has 100 valence electrons. The van der Waals surface area contributed by atoms with Gasteiger partial charge in [-0.05, 0) is 30.7 Å². The van der Waals surface area contributed by atoms with Crippen LogP contribution >= 0.6 is 15.9 Å². The Hall–Kier alpha value is -1.69. The highest BCUT2D eigenvalue weighted by molar-refractivity contribution is 9.10. The number of nitrogens with one attached hydrogen (secondary N) is 1. The third-order valence-electron chi connectivity index (χ3n) is 2.91. The van der Waals surface area contributed by atoms with Gasteiger partial charge in [-0.3, -0.25) is 9.59 Å². The Morgan fingerprint density at radius 3 is 2.79 bits per heavy atom. The molecule has 2 amide bonds. The van der Waals surface area contributed by atoms with E-state index >= 15 is 0 Å². The number of anilines is 1. The number of hydrogen-bond acceptors (Lipinski definition) is 3. The summed E-state index contributed by atoms with van der Waals surface area (Å²) in [7, 11) is 1.56. The molecule has 5 nitrogen and oxygen atoms in total. The van der Waals surface area contributed by atoms with E-state index in [0.29, 0.717) is 18.6 Å². The maximum atomic E-state index is 12.1. The van der Waals surface area contributed by atoms with Crippen molar-refractivity contribution in [3.63, 3.8) is 0 Å². The molecular formula is C13H14BrN3O2. The Morgan fingerprint density at radius 1 is 1.42 bits per heavy atom. The number of nitrogens with zero attached hydrogens (tertiary/aromatic N) is 2. The first-order valence-electron chi connectivity index (χ1n) is 5.89. The summed E-state index contributed by atoms with van der Waals surface area (Å²) in [6.45, 7) is 1.92. The quantitative estimate of drug-likeness (QED) is 0.907. The summed E-state index contributed by atoms with van der Waals surface area (Å²) < 4.78 is 0.961. The van der Waals surface area contributed by atoms with E-state index in [2.05, 4.69) is 26.3 Å². The summed E-state index contributed by atoms with van der Waals surface area (Å²) in [6.07, 6.45) is 0.701. The topological polar surface area (TPSA) is 61.8 Å². The molecule has 1 N–H and O–H groups in total. The molecule has 1 aromatic rings. The van der Waals surface area contributed by atoms with Crippen LogP contribution in [-0.2, 0) is 9.59 Å². The van der Waals surface area contributed by atoms with Gasteiger partial charge in [0.1, 0.15) is 5.71 Å². The van der Waals surface area contributed by atoms with Crippen LogP contribution in [0.5, 0.6) is 0 Å². The van der Waals surface area contributed by atoms with Crippen LogP contribution in [0.4, 0.5) is 5.69 Å². The van der Waals surface area contributed by atoms with Crippen molar-refractivity contribution in [2.75, 3.05) is 12.4 Å². The van der Waals surface area contributed by atoms with Gasteiger partial charge in [0, 0.05) is 30.0 Å². The van der Waals surface area contributed by atoms with Crippen molar-refractivity contribution in [2.24, 2.45) is 5.10 Å². The normalized spacial score (nSPS) is 15.2. The predicted octanol–water partition coefficient (Wildman–Crippen LogP) is 2.30. The first-order chi connectivity index (χ1) is 8.97. The summed E-state index contributed by atoms with van der Waals surface area (Å²) in [5, 5.41) is 8.01. The minimum Gasteiger partial charge on any atom is -0.321 e. The number of benzene rings is 1. The first kappa shape index (κ1) is 13.7. The summed E-state index contributed by atoms with van der Waals surface area (Å²) in [4.78, 5) is 23.4. The average Bonchev–Trinajstić information content (AvgIpc) is 2.36. The summed E-state index contributed by atoms with van der Waals surface area (Å²) in [6, 6.07) is 5.62. The van der Waals surface area contributed by atoms with Crippen molar-refractivity contribution in [2.45, 2.75) is 19.8 Å². The van der Waals surface area contributed by atoms with E-state index in [9.17, 15) is 9.59 Å². The van der Waals surface area contributed by atoms with Gasteiger partial charge in [0.05, 0.1) is 0 Å². The molecule has 0 saturated carbocycles. The molecule has 0 saturated heterocycles. The highest BCUT2D eigenvalue weighted by Gasteiger charge is 2.22. The molecular weight excluding hydrogens is 310 g/mol. The Bertz CT molecular complexity index is 569. The lowest BCUT2D eigenvalue weighted by molar-refractivity contribution is -0.130. The van der Waals surface area contributed by atoms with Crippen molar-refractivity contribution in [1.82, 2.24) is 5.01 Å². The molecule has 1 aromatic carbocycles. The van der Waals surface area contributed by atoms with Gasteiger partial charge in [0.2, 0.25) is 5.91 Å². The fourth-order valence-electron chi connectivity index (χ4n) is 1.79. The van der Waals surface area contributed by atoms with E-state index in [0.717, 1.165) is 15.7 Å². The molecule has 0 unspecified atom stereocenters. The zero-order valence-electron chi connectivity index (χ0n) is 10.7. The highest BCUT2D eigenvalue weighted by atomic mass is 79.9. The van der Waals surface area contributed by atoms with Gasteiger partial charge in [0.15, 0.2) is 0 Å². The average molecular weight is 324 g/mol. The molecule has 1 heterocycles. The minimum atomic E-state index is -0.259. The van der Waals surface area contributed by atoms with Crippen LogP contribution in [0, 0.1) is 6.92 Å². The molecule has 1 aliphatic rings. The van der Waals surface area contributed by atoms with Crippen LogP contribution in [0.3, 0.4) is 0 Å². The zero-order valence-corrected chi connectivity index (χ0v) is 12.3. The Morgan fingerprint density at radius 2 is 2.16 bits per heavy atom. The third kappa shape index (κ3) is 3.20.